The van der Waals surface area contributed by atoms with Crippen molar-refractivity contribution in [1.29, 1.82) is 0 Å². The average molecular weight is 423 g/mol. The van der Waals surface area contributed by atoms with E-state index in [4.69, 9.17) is 14.2 Å². The average Bonchev–Trinajstić information content (AvgIpc) is 2.73. The molecule has 0 amide bonds. The zero-order chi connectivity index (χ0) is 21.9. The summed E-state index contributed by atoms with van der Waals surface area (Å²) in [5.41, 5.74) is 1.00. The molecule has 0 aliphatic heterocycles. The van der Waals surface area contributed by atoms with Crippen LogP contribution in [0.25, 0.3) is 0 Å². The Morgan fingerprint density at radius 2 is 1.93 bits per heavy atom. The van der Waals surface area contributed by atoms with Crippen LogP contribution < -0.4 is 9.47 Å². The number of hydrogen-bond donors (Lipinski definition) is 1. The predicted octanol–water partition coefficient (Wildman–Crippen LogP) is 2.69. The van der Waals surface area contributed by atoms with Gasteiger partial charge in [-0.3, -0.25) is 9.69 Å². The minimum atomic E-state index is -0.558. The Bertz CT molecular complexity index is 648. The molecule has 0 radical (unpaired) electrons. The van der Waals surface area contributed by atoms with Gasteiger partial charge in [-0.2, -0.15) is 0 Å². The van der Waals surface area contributed by atoms with Gasteiger partial charge in [-0.1, -0.05) is 25.3 Å². The third-order valence-corrected chi connectivity index (χ3v) is 5.51. The third kappa shape index (κ3) is 8.13. The van der Waals surface area contributed by atoms with Gasteiger partial charge in [-0.25, -0.2) is 0 Å². The van der Waals surface area contributed by atoms with Gasteiger partial charge >= 0.3 is 5.97 Å². The molecule has 1 fully saturated rings. The molecule has 7 heteroatoms. The highest BCUT2D eigenvalue weighted by molar-refractivity contribution is 5.71. The number of nitrogens with zero attached hydrogens (tertiary/aromatic N) is 2. The van der Waals surface area contributed by atoms with Crippen molar-refractivity contribution in [2.24, 2.45) is 0 Å². The molecule has 1 aromatic rings. The monoisotopic (exact) mass is 422 g/mol. The predicted molar refractivity (Wildman–Crippen MR) is 117 cm³/mol. The molecule has 0 saturated heterocycles. The highest BCUT2D eigenvalue weighted by atomic mass is 16.5. The van der Waals surface area contributed by atoms with Gasteiger partial charge in [0.15, 0.2) is 11.5 Å². The van der Waals surface area contributed by atoms with Crippen LogP contribution in [0.4, 0.5) is 0 Å². The Balaban J connectivity index is 1.84. The largest absolute Gasteiger partial charge is 0.493 e. The number of aliphatic hydroxyl groups is 1. The lowest BCUT2D eigenvalue weighted by molar-refractivity contribution is -0.144. The van der Waals surface area contributed by atoms with Crippen LogP contribution in [0.5, 0.6) is 11.5 Å². The Hall–Kier alpha value is -1.83. The van der Waals surface area contributed by atoms with Crippen LogP contribution in [0.15, 0.2) is 18.2 Å². The van der Waals surface area contributed by atoms with E-state index in [9.17, 15) is 9.90 Å². The summed E-state index contributed by atoms with van der Waals surface area (Å²) < 4.78 is 16.3. The number of ether oxygens (including phenoxy) is 3. The number of carbonyl (C=O) groups excluding carboxylic acids is 1. The van der Waals surface area contributed by atoms with E-state index >= 15 is 0 Å². The lowest BCUT2D eigenvalue weighted by atomic mass is 9.94. The summed E-state index contributed by atoms with van der Waals surface area (Å²) in [6, 6.07) is 6.26. The van der Waals surface area contributed by atoms with Crippen LogP contribution in [0.3, 0.4) is 0 Å². The van der Waals surface area contributed by atoms with Crippen molar-refractivity contribution < 1.29 is 24.1 Å². The molecule has 1 N–H and O–H groups in total. The number of hydrogen-bond acceptors (Lipinski definition) is 7. The minimum absolute atomic E-state index is 0.218. The smallest absolute Gasteiger partial charge is 0.320 e. The number of likely N-dealkylation sites (N-methyl/N-ethyl adjacent to an activating group) is 2. The fourth-order valence-corrected chi connectivity index (χ4v) is 3.97. The quantitative estimate of drug-likeness (QED) is 0.519. The summed E-state index contributed by atoms with van der Waals surface area (Å²) in [6.07, 6.45) is 5.75. The van der Waals surface area contributed by atoms with Gasteiger partial charge in [0.25, 0.3) is 0 Å². The van der Waals surface area contributed by atoms with Crippen molar-refractivity contribution in [1.82, 2.24) is 9.80 Å². The van der Waals surface area contributed by atoms with E-state index in [-0.39, 0.29) is 19.1 Å². The molecule has 1 aliphatic rings. The van der Waals surface area contributed by atoms with Gasteiger partial charge in [-0.05, 0) is 51.6 Å². The fourth-order valence-electron chi connectivity index (χ4n) is 3.97. The maximum atomic E-state index is 11.6. The Labute approximate surface area is 180 Å². The minimum Gasteiger partial charge on any atom is -0.493 e. The van der Waals surface area contributed by atoms with E-state index in [1.807, 2.05) is 30.1 Å². The molecule has 0 spiro atoms. The highest BCUT2D eigenvalue weighted by Crippen LogP contribution is 2.29. The van der Waals surface area contributed by atoms with E-state index in [1.54, 1.807) is 14.0 Å². The summed E-state index contributed by atoms with van der Waals surface area (Å²) >= 11 is 0. The molecule has 7 nitrogen and oxygen atoms in total. The molecule has 1 aliphatic carbocycles. The summed E-state index contributed by atoms with van der Waals surface area (Å²) in [5.74, 6) is 0.984. The fraction of sp³-hybridized carbons (Fsp3) is 0.696. The molecular weight excluding hydrogens is 384 g/mol. The molecule has 1 aromatic carbocycles. The zero-order valence-electron chi connectivity index (χ0n) is 18.9. The van der Waals surface area contributed by atoms with Crippen LogP contribution in [-0.4, -0.2) is 80.5 Å². The number of aliphatic hydroxyl groups excluding tert-OH is 1. The van der Waals surface area contributed by atoms with Crippen molar-refractivity contribution in [2.45, 2.75) is 57.7 Å². The molecule has 2 rings (SSSR count). The molecule has 1 atom stereocenters. The van der Waals surface area contributed by atoms with E-state index < -0.39 is 6.10 Å². The van der Waals surface area contributed by atoms with Crippen molar-refractivity contribution in [3.63, 3.8) is 0 Å². The summed E-state index contributed by atoms with van der Waals surface area (Å²) in [6.45, 7) is 3.82. The van der Waals surface area contributed by atoms with Gasteiger partial charge in [0.05, 0.1) is 20.3 Å². The highest BCUT2D eigenvalue weighted by Gasteiger charge is 2.20. The maximum absolute atomic E-state index is 11.6. The van der Waals surface area contributed by atoms with Crippen LogP contribution >= 0.6 is 0 Å². The number of methoxy groups -OCH3 is 1. The molecule has 30 heavy (non-hydrogen) atoms. The van der Waals surface area contributed by atoms with Gasteiger partial charge in [0, 0.05) is 19.1 Å². The van der Waals surface area contributed by atoms with E-state index in [2.05, 4.69) is 11.9 Å². The van der Waals surface area contributed by atoms with Crippen molar-refractivity contribution in [3.05, 3.63) is 23.8 Å². The lowest BCUT2D eigenvalue weighted by Gasteiger charge is -2.32. The van der Waals surface area contributed by atoms with Crippen LogP contribution in [0, 0.1) is 0 Å². The van der Waals surface area contributed by atoms with Gasteiger partial charge < -0.3 is 24.2 Å². The number of esters is 1. The van der Waals surface area contributed by atoms with Crippen LogP contribution in [0.1, 0.15) is 44.6 Å². The van der Waals surface area contributed by atoms with E-state index in [0.717, 1.165) is 5.56 Å². The third-order valence-electron chi connectivity index (χ3n) is 5.51. The lowest BCUT2D eigenvalue weighted by Crippen LogP contribution is -2.40. The van der Waals surface area contributed by atoms with Gasteiger partial charge in [0.2, 0.25) is 0 Å². The standard InChI is InChI=1S/C23H38N2O5/c1-5-29-23(27)16-24(2)14-18-11-12-21(22(13-18)28-4)30-17-20(26)15-25(3)19-9-7-6-8-10-19/h11-13,19-20,26H,5-10,14-17H2,1-4H3. The SMILES string of the molecule is CCOC(=O)CN(C)Cc1ccc(OCC(O)CN(C)C2CCCCC2)c(OC)c1. The van der Waals surface area contributed by atoms with Crippen molar-refractivity contribution in [3.8, 4) is 11.5 Å². The second-order valence-corrected chi connectivity index (χ2v) is 8.16. The number of benzene rings is 1. The Morgan fingerprint density at radius 1 is 1.20 bits per heavy atom. The van der Waals surface area contributed by atoms with E-state index in [1.165, 1.54) is 32.1 Å². The topological polar surface area (TPSA) is 71.5 Å². The van der Waals surface area contributed by atoms with Crippen molar-refractivity contribution >= 4 is 5.97 Å². The van der Waals surface area contributed by atoms with E-state index in [0.29, 0.717) is 37.2 Å². The van der Waals surface area contributed by atoms with Crippen LogP contribution in [-0.2, 0) is 16.1 Å². The molecular formula is C23H38N2O5. The Kier molecular flexibility index (Phi) is 10.4. The molecule has 0 bridgehead atoms. The van der Waals surface area contributed by atoms with Gasteiger partial charge in [0.1, 0.15) is 12.7 Å². The first-order valence-electron chi connectivity index (χ1n) is 10.9. The first-order chi connectivity index (χ1) is 14.4. The molecule has 0 heterocycles. The summed E-state index contributed by atoms with van der Waals surface area (Å²) in [7, 11) is 5.55. The van der Waals surface area contributed by atoms with Crippen LogP contribution in [0.2, 0.25) is 0 Å². The molecule has 1 unspecified atom stereocenters. The normalized spacial score (nSPS) is 16.0. The summed E-state index contributed by atoms with van der Waals surface area (Å²) in [4.78, 5) is 15.8. The maximum Gasteiger partial charge on any atom is 0.320 e. The number of rotatable bonds is 12. The van der Waals surface area contributed by atoms with Crippen molar-refractivity contribution in [2.75, 3.05) is 47.5 Å². The first-order valence-corrected chi connectivity index (χ1v) is 10.9. The second-order valence-electron chi connectivity index (χ2n) is 8.16. The van der Waals surface area contributed by atoms with Gasteiger partial charge in [-0.15, -0.1) is 0 Å². The molecule has 1 saturated carbocycles. The molecule has 170 valence electrons. The number of carbonyl (C=O) groups is 1. The zero-order valence-corrected chi connectivity index (χ0v) is 18.9. The first kappa shape index (κ1) is 24.4. The second kappa shape index (κ2) is 12.8. The summed E-state index contributed by atoms with van der Waals surface area (Å²) in [5, 5.41) is 10.4. The Morgan fingerprint density at radius 3 is 2.60 bits per heavy atom. The molecule has 0 aromatic heterocycles.